The Bertz CT molecular complexity index is 1220. The summed E-state index contributed by atoms with van der Waals surface area (Å²) in [6.07, 6.45) is 3.70. The zero-order chi connectivity index (χ0) is 26.7. The molecule has 6 nitrogen and oxygen atoms in total. The Hall–Kier alpha value is -3.29. The van der Waals surface area contributed by atoms with Gasteiger partial charge in [0.05, 0.1) is 30.2 Å². The Kier molecular flexibility index (Phi) is 8.25. The van der Waals surface area contributed by atoms with Crippen LogP contribution in [0.5, 0.6) is 5.75 Å². The number of aliphatic hydroxyl groups is 2. The molecule has 4 rings (SSSR count). The van der Waals surface area contributed by atoms with Gasteiger partial charge in [-0.05, 0) is 68.0 Å². The first-order chi connectivity index (χ1) is 17.8. The molecular formula is C30H34FNO5. The van der Waals surface area contributed by atoms with Gasteiger partial charge in [0.25, 0.3) is 0 Å². The zero-order valence-electron chi connectivity index (χ0n) is 21.2. The highest BCUT2D eigenvalue weighted by atomic mass is 19.1. The Balaban J connectivity index is 1.57. The first kappa shape index (κ1) is 26.8. The molecule has 1 saturated heterocycles. The highest BCUT2D eigenvalue weighted by Gasteiger charge is 2.55. The van der Waals surface area contributed by atoms with Gasteiger partial charge < -0.3 is 15.3 Å². The second-order valence-electron chi connectivity index (χ2n) is 10.0. The van der Waals surface area contributed by atoms with E-state index in [4.69, 9.17) is 0 Å². The van der Waals surface area contributed by atoms with Gasteiger partial charge in [-0.15, -0.1) is 0 Å². The van der Waals surface area contributed by atoms with E-state index in [0.717, 1.165) is 17.6 Å². The number of phenols is 1. The Morgan fingerprint density at radius 3 is 2.54 bits per heavy atom. The highest BCUT2D eigenvalue weighted by Crippen LogP contribution is 2.48. The van der Waals surface area contributed by atoms with Crippen LogP contribution in [0.15, 0.2) is 65.3 Å². The SMILES string of the molecule is CCCC1=C([C@H](O)CC/C(C)=C/c2ccc(O)c(F)c2)[C@H](CO)[C@@H]2C(=O)N(c3ccccc3)C(=O)[C@@H]2C1. The number of fused-ring (bicyclic) bond motifs is 1. The number of rotatable bonds is 9. The number of benzene rings is 2. The second-order valence-corrected chi connectivity index (χ2v) is 10.0. The van der Waals surface area contributed by atoms with Crippen molar-refractivity contribution in [2.75, 3.05) is 11.5 Å². The van der Waals surface area contributed by atoms with Crippen LogP contribution in [-0.4, -0.2) is 39.8 Å². The largest absolute Gasteiger partial charge is 0.505 e. The number of nitrogens with zero attached hydrogens (tertiary/aromatic N) is 1. The molecular weight excluding hydrogens is 473 g/mol. The van der Waals surface area contributed by atoms with E-state index in [0.29, 0.717) is 42.5 Å². The van der Waals surface area contributed by atoms with E-state index in [1.54, 1.807) is 36.4 Å². The van der Waals surface area contributed by atoms with E-state index in [9.17, 15) is 29.3 Å². The molecule has 0 bridgehead atoms. The molecule has 1 aliphatic carbocycles. The lowest BCUT2D eigenvalue weighted by Gasteiger charge is -2.36. The third-order valence-corrected chi connectivity index (χ3v) is 7.50. The van der Waals surface area contributed by atoms with Crippen molar-refractivity contribution in [3.05, 3.63) is 76.6 Å². The first-order valence-electron chi connectivity index (χ1n) is 12.9. The minimum absolute atomic E-state index is 0.248. The van der Waals surface area contributed by atoms with Crippen molar-refractivity contribution in [2.24, 2.45) is 17.8 Å². The van der Waals surface area contributed by atoms with Gasteiger partial charge in [0.15, 0.2) is 11.6 Å². The normalized spacial score (nSPS) is 23.0. The molecule has 196 valence electrons. The fourth-order valence-corrected chi connectivity index (χ4v) is 5.82. The average Bonchev–Trinajstić information content (AvgIpc) is 3.14. The lowest BCUT2D eigenvalue weighted by atomic mass is 9.67. The summed E-state index contributed by atoms with van der Waals surface area (Å²) in [7, 11) is 0. The maximum Gasteiger partial charge on any atom is 0.238 e. The molecule has 1 heterocycles. The van der Waals surface area contributed by atoms with E-state index in [-0.39, 0.29) is 18.4 Å². The summed E-state index contributed by atoms with van der Waals surface area (Å²) in [4.78, 5) is 28.1. The van der Waals surface area contributed by atoms with Crippen LogP contribution < -0.4 is 4.90 Å². The van der Waals surface area contributed by atoms with Crippen LogP contribution >= 0.6 is 0 Å². The number of aromatic hydroxyl groups is 1. The zero-order valence-corrected chi connectivity index (χ0v) is 21.2. The van der Waals surface area contributed by atoms with E-state index in [2.05, 4.69) is 0 Å². The van der Waals surface area contributed by atoms with Gasteiger partial charge in [-0.1, -0.05) is 54.8 Å². The Morgan fingerprint density at radius 2 is 1.89 bits per heavy atom. The summed E-state index contributed by atoms with van der Waals surface area (Å²) in [6, 6.07) is 13.0. The maximum atomic E-state index is 13.7. The smallest absolute Gasteiger partial charge is 0.238 e. The molecule has 4 atom stereocenters. The molecule has 37 heavy (non-hydrogen) atoms. The highest BCUT2D eigenvalue weighted by molar-refractivity contribution is 6.22. The molecule has 0 unspecified atom stereocenters. The van der Waals surface area contributed by atoms with Crippen molar-refractivity contribution in [3.8, 4) is 5.75 Å². The van der Waals surface area contributed by atoms with E-state index >= 15 is 0 Å². The van der Waals surface area contributed by atoms with Crippen molar-refractivity contribution in [1.29, 1.82) is 0 Å². The molecule has 1 fully saturated rings. The van der Waals surface area contributed by atoms with Crippen molar-refractivity contribution < 1.29 is 29.3 Å². The van der Waals surface area contributed by atoms with Gasteiger partial charge >= 0.3 is 0 Å². The van der Waals surface area contributed by atoms with Crippen molar-refractivity contribution in [1.82, 2.24) is 0 Å². The average molecular weight is 508 g/mol. The molecule has 2 amide bonds. The molecule has 7 heteroatoms. The minimum Gasteiger partial charge on any atom is -0.505 e. The number of allylic oxidation sites excluding steroid dienone is 2. The number of amides is 2. The summed E-state index contributed by atoms with van der Waals surface area (Å²) in [6.45, 7) is 3.58. The number of carbonyl (C=O) groups excluding carboxylic acids is 2. The van der Waals surface area contributed by atoms with Crippen LogP contribution in [-0.2, 0) is 9.59 Å². The number of para-hydroxylation sites is 1. The van der Waals surface area contributed by atoms with Crippen LogP contribution in [0.25, 0.3) is 6.08 Å². The first-order valence-corrected chi connectivity index (χ1v) is 12.9. The summed E-state index contributed by atoms with van der Waals surface area (Å²) in [5.74, 6) is -3.56. The Labute approximate surface area is 216 Å². The fourth-order valence-electron chi connectivity index (χ4n) is 5.82. The molecule has 2 aliphatic rings. The minimum atomic E-state index is -0.881. The van der Waals surface area contributed by atoms with Crippen LogP contribution in [0.2, 0.25) is 0 Å². The molecule has 0 spiro atoms. The van der Waals surface area contributed by atoms with Crippen LogP contribution in [0.4, 0.5) is 10.1 Å². The molecule has 0 radical (unpaired) electrons. The van der Waals surface area contributed by atoms with Gasteiger partial charge in [0, 0.05) is 5.92 Å². The van der Waals surface area contributed by atoms with Crippen LogP contribution in [0.3, 0.4) is 0 Å². The van der Waals surface area contributed by atoms with E-state index in [1.165, 1.54) is 17.0 Å². The monoisotopic (exact) mass is 507 g/mol. The molecule has 1 aliphatic heterocycles. The topological polar surface area (TPSA) is 98.1 Å². The molecule has 2 aromatic rings. The van der Waals surface area contributed by atoms with Crippen LogP contribution in [0.1, 0.15) is 51.5 Å². The third-order valence-electron chi connectivity index (χ3n) is 7.50. The predicted octanol–water partition coefficient (Wildman–Crippen LogP) is 4.99. The quantitative estimate of drug-likeness (QED) is 0.328. The number of carbonyl (C=O) groups is 2. The number of imide groups is 1. The summed E-state index contributed by atoms with van der Waals surface area (Å²) in [5.41, 5.74) is 3.68. The molecule has 2 aromatic carbocycles. The number of aliphatic hydroxyl groups excluding tert-OH is 2. The lowest BCUT2D eigenvalue weighted by Crippen LogP contribution is -2.39. The number of hydrogen-bond donors (Lipinski definition) is 3. The van der Waals surface area contributed by atoms with Gasteiger partial charge in [-0.2, -0.15) is 0 Å². The standard InChI is InChI=1S/C30H34FNO5/c1-3-7-20-16-22-28(30(37)32(29(22)36)21-8-5-4-6-9-21)23(17-33)27(20)26(35)12-10-18(2)14-19-11-13-25(34)24(31)15-19/h4-6,8-9,11,13-15,22-23,26,28,33-35H,3,7,10,12,16-17H2,1-2H3/b18-14+/t22-,23+,26-,28-/m1/s1. The summed E-state index contributed by atoms with van der Waals surface area (Å²) >= 11 is 0. The number of anilines is 1. The summed E-state index contributed by atoms with van der Waals surface area (Å²) < 4.78 is 13.7. The van der Waals surface area contributed by atoms with Gasteiger partial charge in [0.1, 0.15) is 0 Å². The summed E-state index contributed by atoms with van der Waals surface area (Å²) in [5, 5.41) is 31.1. The van der Waals surface area contributed by atoms with Crippen molar-refractivity contribution in [3.63, 3.8) is 0 Å². The second kappa shape index (κ2) is 11.4. The van der Waals surface area contributed by atoms with Crippen molar-refractivity contribution >= 4 is 23.6 Å². The number of phenolic OH excluding ortho intramolecular Hbond substituents is 1. The molecule has 0 aromatic heterocycles. The van der Waals surface area contributed by atoms with Gasteiger partial charge in [-0.3, -0.25) is 14.5 Å². The lowest BCUT2D eigenvalue weighted by molar-refractivity contribution is -0.123. The van der Waals surface area contributed by atoms with E-state index < -0.39 is 35.4 Å². The van der Waals surface area contributed by atoms with Crippen molar-refractivity contribution in [2.45, 2.75) is 52.1 Å². The van der Waals surface area contributed by atoms with Gasteiger partial charge in [0.2, 0.25) is 11.8 Å². The van der Waals surface area contributed by atoms with E-state index in [1.807, 2.05) is 19.9 Å². The fraction of sp³-hybridized carbons (Fsp3) is 0.400. The molecule has 3 N–H and O–H groups in total. The Morgan fingerprint density at radius 1 is 1.16 bits per heavy atom. The van der Waals surface area contributed by atoms with Crippen LogP contribution in [0, 0.1) is 23.6 Å². The predicted molar refractivity (Wildman–Crippen MR) is 140 cm³/mol. The van der Waals surface area contributed by atoms with Gasteiger partial charge in [-0.25, -0.2) is 4.39 Å². The number of halogens is 1. The maximum absolute atomic E-state index is 13.7. The number of hydrogen-bond acceptors (Lipinski definition) is 5. The molecule has 0 saturated carbocycles. The third kappa shape index (κ3) is 5.38.